The molecule has 1 heterocycles. The molecule has 0 saturated heterocycles. The number of carbonyl (C=O) groups excluding carboxylic acids is 2. The van der Waals surface area contributed by atoms with E-state index in [4.69, 9.17) is 4.74 Å². The van der Waals surface area contributed by atoms with Crippen LogP contribution in [-0.2, 0) is 28.9 Å². The van der Waals surface area contributed by atoms with Gasteiger partial charge in [0.15, 0.2) is 0 Å². The van der Waals surface area contributed by atoms with Crippen molar-refractivity contribution < 1.29 is 14.3 Å². The number of esters is 1. The van der Waals surface area contributed by atoms with Crippen LogP contribution in [-0.4, -0.2) is 48.0 Å². The summed E-state index contributed by atoms with van der Waals surface area (Å²) in [6.07, 6.45) is 2.32. The summed E-state index contributed by atoms with van der Waals surface area (Å²) in [5.41, 5.74) is 3.71. The van der Waals surface area contributed by atoms with Crippen LogP contribution in [0.5, 0.6) is 0 Å². The van der Waals surface area contributed by atoms with Gasteiger partial charge in [0.25, 0.3) is 0 Å². The minimum absolute atomic E-state index is 0.000938. The molecule has 0 aromatic heterocycles. The van der Waals surface area contributed by atoms with E-state index in [0.29, 0.717) is 39.2 Å². The summed E-state index contributed by atoms with van der Waals surface area (Å²) in [7, 11) is 0. The van der Waals surface area contributed by atoms with Crippen LogP contribution >= 0.6 is 0 Å². The standard InChI is InChI=1S/C25H32N2O3/c1-3-26(25(29)27-17-16-21-12-8-9-13-22(21)18-27)19-23(24(28)30-4-2)15-14-20-10-6-5-7-11-20/h5-13,23H,3-4,14-19H2,1-2H3/t23-/m1/s1. The summed E-state index contributed by atoms with van der Waals surface area (Å²) in [5, 5.41) is 0. The minimum atomic E-state index is -0.328. The zero-order chi connectivity index (χ0) is 21.3. The van der Waals surface area contributed by atoms with Gasteiger partial charge in [-0.25, -0.2) is 4.79 Å². The van der Waals surface area contributed by atoms with Crippen LogP contribution < -0.4 is 0 Å². The largest absolute Gasteiger partial charge is 0.466 e. The third kappa shape index (κ3) is 5.62. The van der Waals surface area contributed by atoms with Crippen LogP contribution in [0.1, 0.15) is 37.0 Å². The average molecular weight is 409 g/mol. The van der Waals surface area contributed by atoms with Crippen LogP contribution in [0.3, 0.4) is 0 Å². The Kier molecular flexibility index (Phi) is 7.89. The first kappa shape index (κ1) is 21.9. The molecule has 1 aliphatic heterocycles. The van der Waals surface area contributed by atoms with Gasteiger partial charge in [-0.15, -0.1) is 0 Å². The number of fused-ring (bicyclic) bond motifs is 1. The van der Waals surface area contributed by atoms with E-state index >= 15 is 0 Å². The maximum Gasteiger partial charge on any atom is 0.320 e. The molecule has 1 aliphatic rings. The fourth-order valence-corrected chi connectivity index (χ4v) is 4.00. The molecule has 2 aromatic carbocycles. The van der Waals surface area contributed by atoms with E-state index in [1.54, 1.807) is 4.90 Å². The number of aryl methyl sites for hydroxylation is 1. The lowest BCUT2D eigenvalue weighted by molar-refractivity contribution is -0.148. The highest BCUT2D eigenvalue weighted by atomic mass is 16.5. The van der Waals surface area contributed by atoms with Gasteiger partial charge in [-0.2, -0.15) is 0 Å². The van der Waals surface area contributed by atoms with Crippen LogP contribution in [0.15, 0.2) is 54.6 Å². The van der Waals surface area contributed by atoms with Crippen molar-refractivity contribution >= 4 is 12.0 Å². The van der Waals surface area contributed by atoms with Gasteiger partial charge >= 0.3 is 12.0 Å². The third-order valence-corrected chi connectivity index (χ3v) is 5.74. The first-order valence-electron chi connectivity index (χ1n) is 10.9. The van der Waals surface area contributed by atoms with E-state index in [0.717, 1.165) is 12.8 Å². The molecule has 0 bridgehead atoms. The summed E-state index contributed by atoms with van der Waals surface area (Å²) in [4.78, 5) is 29.5. The molecule has 0 radical (unpaired) electrons. The second-order valence-electron chi connectivity index (χ2n) is 7.73. The van der Waals surface area contributed by atoms with E-state index in [1.807, 2.05) is 49.1 Å². The van der Waals surface area contributed by atoms with Crippen molar-refractivity contribution in [1.29, 1.82) is 0 Å². The molecule has 2 aromatic rings. The highest BCUT2D eigenvalue weighted by Gasteiger charge is 2.29. The Morgan fingerprint density at radius 2 is 1.73 bits per heavy atom. The smallest absolute Gasteiger partial charge is 0.320 e. The van der Waals surface area contributed by atoms with E-state index in [-0.39, 0.29) is 17.9 Å². The maximum absolute atomic E-state index is 13.2. The molecule has 0 saturated carbocycles. The maximum atomic E-state index is 13.2. The highest BCUT2D eigenvalue weighted by molar-refractivity contribution is 5.77. The Bertz CT molecular complexity index is 837. The zero-order valence-corrected chi connectivity index (χ0v) is 18.0. The molecule has 0 N–H and O–H groups in total. The summed E-state index contributed by atoms with van der Waals surface area (Å²) in [5.74, 6) is -0.546. The van der Waals surface area contributed by atoms with E-state index in [2.05, 4.69) is 24.3 Å². The Balaban J connectivity index is 1.66. The first-order chi connectivity index (χ1) is 14.6. The van der Waals surface area contributed by atoms with E-state index in [9.17, 15) is 9.59 Å². The number of nitrogens with zero attached hydrogens (tertiary/aromatic N) is 2. The molecule has 5 heteroatoms. The lowest BCUT2D eigenvalue weighted by Crippen LogP contribution is -2.47. The first-order valence-corrected chi connectivity index (χ1v) is 10.9. The van der Waals surface area contributed by atoms with Crippen molar-refractivity contribution in [3.05, 3.63) is 71.3 Å². The lowest BCUT2D eigenvalue weighted by Gasteiger charge is -2.34. The van der Waals surface area contributed by atoms with Crippen molar-refractivity contribution in [2.24, 2.45) is 5.92 Å². The van der Waals surface area contributed by atoms with Gasteiger partial charge in [-0.05, 0) is 49.8 Å². The second-order valence-corrected chi connectivity index (χ2v) is 7.73. The van der Waals surface area contributed by atoms with Crippen LogP contribution in [0.25, 0.3) is 0 Å². The second kappa shape index (κ2) is 10.8. The number of amides is 2. The van der Waals surface area contributed by atoms with Gasteiger partial charge < -0.3 is 14.5 Å². The summed E-state index contributed by atoms with van der Waals surface area (Å²) in [6, 6.07) is 18.4. The topological polar surface area (TPSA) is 49.9 Å². The molecule has 2 amide bonds. The SMILES string of the molecule is CCOC(=O)[C@H](CCc1ccccc1)CN(CC)C(=O)N1CCc2ccccc2C1. The number of hydrogen-bond donors (Lipinski definition) is 0. The summed E-state index contributed by atoms with van der Waals surface area (Å²) < 4.78 is 5.32. The molecule has 0 unspecified atom stereocenters. The van der Waals surface area contributed by atoms with Crippen LogP contribution in [0, 0.1) is 5.92 Å². The molecule has 0 spiro atoms. The average Bonchev–Trinajstić information content (AvgIpc) is 2.79. The molecule has 3 rings (SSSR count). The zero-order valence-electron chi connectivity index (χ0n) is 18.0. The summed E-state index contributed by atoms with van der Waals surface area (Å²) in [6.45, 7) is 6.43. The van der Waals surface area contributed by atoms with Gasteiger partial charge in [0.2, 0.25) is 0 Å². The molecule has 30 heavy (non-hydrogen) atoms. The summed E-state index contributed by atoms with van der Waals surface area (Å²) >= 11 is 0. The van der Waals surface area contributed by atoms with Crippen molar-refractivity contribution in [3.8, 4) is 0 Å². The predicted molar refractivity (Wildman–Crippen MR) is 118 cm³/mol. The third-order valence-electron chi connectivity index (χ3n) is 5.74. The number of carbonyl (C=O) groups is 2. The monoisotopic (exact) mass is 408 g/mol. The molecule has 0 aliphatic carbocycles. The fraction of sp³-hybridized carbons (Fsp3) is 0.440. The number of urea groups is 1. The lowest BCUT2D eigenvalue weighted by atomic mass is 9.98. The van der Waals surface area contributed by atoms with Crippen molar-refractivity contribution in [2.75, 3.05) is 26.2 Å². The molecule has 160 valence electrons. The fourth-order valence-electron chi connectivity index (χ4n) is 4.00. The molecule has 0 fully saturated rings. The number of ether oxygens (including phenoxy) is 1. The number of rotatable bonds is 8. The Morgan fingerprint density at radius 1 is 1.03 bits per heavy atom. The Hall–Kier alpha value is -2.82. The van der Waals surface area contributed by atoms with E-state index in [1.165, 1.54) is 16.7 Å². The van der Waals surface area contributed by atoms with Crippen molar-refractivity contribution in [2.45, 2.75) is 39.7 Å². The molecular weight excluding hydrogens is 376 g/mol. The van der Waals surface area contributed by atoms with Gasteiger partial charge in [-0.1, -0.05) is 54.6 Å². The molecule has 5 nitrogen and oxygen atoms in total. The molecular formula is C25H32N2O3. The Morgan fingerprint density at radius 3 is 2.43 bits per heavy atom. The predicted octanol–water partition coefficient (Wildman–Crippen LogP) is 4.30. The molecule has 1 atom stereocenters. The van der Waals surface area contributed by atoms with Crippen molar-refractivity contribution in [3.63, 3.8) is 0 Å². The van der Waals surface area contributed by atoms with Gasteiger partial charge in [0, 0.05) is 26.2 Å². The minimum Gasteiger partial charge on any atom is -0.466 e. The van der Waals surface area contributed by atoms with Crippen LogP contribution in [0.4, 0.5) is 4.79 Å². The van der Waals surface area contributed by atoms with Crippen LogP contribution in [0.2, 0.25) is 0 Å². The normalized spacial score (nSPS) is 14.0. The van der Waals surface area contributed by atoms with Gasteiger partial charge in [0.05, 0.1) is 12.5 Å². The number of hydrogen-bond acceptors (Lipinski definition) is 3. The van der Waals surface area contributed by atoms with Crippen molar-refractivity contribution in [1.82, 2.24) is 9.80 Å². The quantitative estimate of drug-likeness (QED) is 0.612. The highest BCUT2D eigenvalue weighted by Crippen LogP contribution is 2.21. The van der Waals surface area contributed by atoms with Gasteiger partial charge in [-0.3, -0.25) is 4.79 Å². The van der Waals surface area contributed by atoms with E-state index < -0.39 is 0 Å². The number of benzene rings is 2. The Labute approximate surface area is 179 Å². The van der Waals surface area contributed by atoms with Gasteiger partial charge in [0.1, 0.15) is 0 Å².